The zero-order valence-electron chi connectivity index (χ0n) is 8.73. The van der Waals surface area contributed by atoms with Crippen LogP contribution in [0.3, 0.4) is 0 Å². The molecule has 0 saturated carbocycles. The van der Waals surface area contributed by atoms with Crippen molar-refractivity contribution in [3.63, 3.8) is 0 Å². The van der Waals surface area contributed by atoms with Gasteiger partial charge in [0.25, 0.3) is 9.20 Å². The van der Waals surface area contributed by atoms with Crippen molar-refractivity contribution < 1.29 is 4.43 Å². The molecule has 14 heavy (non-hydrogen) atoms. The van der Waals surface area contributed by atoms with Crippen LogP contribution in [-0.4, -0.2) is 22.9 Å². The van der Waals surface area contributed by atoms with Gasteiger partial charge in [0.2, 0.25) is 0 Å². The SMILES string of the molecule is CCN[SiH](C=Cc1ccccc1)OC. The quantitative estimate of drug-likeness (QED) is 0.742. The van der Waals surface area contributed by atoms with Crippen molar-refractivity contribution in [2.45, 2.75) is 6.92 Å². The van der Waals surface area contributed by atoms with Crippen molar-refractivity contribution in [2.24, 2.45) is 0 Å². The normalized spacial score (nSPS) is 13.3. The molecule has 0 fully saturated rings. The van der Waals surface area contributed by atoms with Crippen LogP contribution in [-0.2, 0) is 4.43 Å². The molecular formula is C11H17NOSi. The van der Waals surface area contributed by atoms with Crippen molar-refractivity contribution in [3.05, 3.63) is 41.6 Å². The first-order valence-corrected chi connectivity index (χ1v) is 6.57. The smallest absolute Gasteiger partial charge is 0.277 e. The minimum Gasteiger partial charge on any atom is -0.406 e. The number of hydrogen-bond donors (Lipinski definition) is 1. The van der Waals surface area contributed by atoms with Gasteiger partial charge in [0.15, 0.2) is 0 Å². The van der Waals surface area contributed by atoms with E-state index in [-0.39, 0.29) is 0 Å². The molecule has 1 aromatic rings. The molecule has 0 radical (unpaired) electrons. The molecule has 76 valence electrons. The van der Waals surface area contributed by atoms with Gasteiger partial charge >= 0.3 is 0 Å². The lowest BCUT2D eigenvalue weighted by Crippen LogP contribution is -2.33. The van der Waals surface area contributed by atoms with E-state index in [1.165, 1.54) is 5.56 Å². The van der Waals surface area contributed by atoms with Gasteiger partial charge in [-0.05, 0) is 12.1 Å². The van der Waals surface area contributed by atoms with Crippen LogP contribution >= 0.6 is 0 Å². The molecule has 0 aliphatic heterocycles. The molecule has 0 aliphatic carbocycles. The monoisotopic (exact) mass is 207 g/mol. The van der Waals surface area contributed by atoms with Crippen LogP contribution in [0.1, 0.15) is 12.5 Å². The fraction of sp³-hybridized carbons (Fsp3) is 0.273. The predicted molar refractivity (Wildman–Crippen MR) is 63.3 cm³/mol. The highest BCUT2D eigenvalue weighted by atomic mass is 28.3. The molecule has 1 rings (SSSR count). The van der Waals surface area contributed by atoms with Gasteiger partial charge in [0, 0.05) is 7.11 Å². The molecule has 3 heteroatoms. The molecule has 1 atom stereocenters. The summed E-state index contributed by atoms with van der Waals surface area (Å²) in [5, 5.41) is 0. The molecule has 0 aromatic heterocycles. The molecule has 2 nitrogen and oxygen atoms in total. The Kier molecular flexibility index (Phi) is 5.22. The van der Waals surface area contributed by atoms with Gasteiger partial charge in [-0.3, -0.25) is 0 Å². The second kappa shape index (κ2) is 6.54. The third-order valence-electron chi connectivity index (χ3n) is 1.92. The van der Waals surface area contributed by atoms with Crippen molar-refractivity contribution >= 4 is 15.3 Å². The van der Waals surface area contributed by atoms with E-state index in [1.807, 2.05) is 18.2 Å². The molecule has 0 spiro atoms. The summed E-state index contributed by atoms with van der Waals surface area (Å²) in [6.07, 6.45) is 2.11. The first kappa shape index (κ1) is 11.2. The molecule has 0 heterocycles. The van der Waals surface area contributed by atoms with E-state index in [0.29, 0.717) is 0 Å². The molecule has 1 unspecified atom stereocenters. The summed E-state index contributed by atoms with van der Waals surface area (Å²) in [5.41, 5.74) is 3.37. The second-order valence-electron chi connectivity index (χ2n) is 2.98. The lowest BCUT2D eigenvalue weighted by molar-refractivity contribution is 0.418. The Morgan fingerprint density at radius 3 is 2.64 bits per heavy atom. The van der Waals surface area contributed by atoms with Crippen molar-refractivity contribution in [2.75, 3.05) is 13.7 Å². The summed E-state index contributed by atoms with van der Waals surface area (Å²) in [6, 6.07) is 10.3. The molecule has 0 bridgehead atoms. The van der Waals surface area contributed by atoms with Crippen LogP contribution in [0.15, 0.2) is 36.0 Å². The zero-order valence-corrected chi connectivity index (χ0v) is 9.89. The Bertz CT molecular complexity index is 274. The van der Waals surface area contributed by atoms with Gasteiger partial charge in [-0.2, -0.15) is 0 Å². The molecule has 0 saturated heterocycles. The Balaban J connectivity index is 2.53. The minimum atomic E-state index is -1.31. The number of nitrogens with one attached hydrogen (secondary N) is 1. The van der Waals surface area contributed by atoms with Gasteiger partial charge in [-0.1, -0.05) is 49.0 Å². The third-order valence-corrected chi connectivity index (χ3v) is 3.78. The third kappa shape index (κ3) is 3.87. The van der Waals surface area contributed by atoms with Crippen LogP contribution in [0.2, 0.25) is 0 Å². The molecule has 1 aromatic carbocycles. The Morgan fingerprint density at radius 2 is 2.07 bits per heavy atom. The summed E-state index contributed by atoms with van der Waals surface area (Å²) in [6.45, 7) is 3.05. The zero-order chi connectivity index (χ0) is 10.2. The van der Waals surface area contributed by atoms with Crippen LogP contribution < -0.4 is 4.98 Å². The van der Waals surface area contributed by atoms with Gasteiger partial charge in [-0.25, -0.2) is 0 Å². The van der Waals surface area contributed by atoms with Crippen LogP contribution in [0.25, 0.3) is 6.08 Å². The van der Waals surface area contributed by atoms with E-state index < -0.39 is 9.20 Å². The number of rotatable bonds is 5. The van der Waals surface area contributed by atoms with E-state index >= 15 is 0 Å². The molecule has 1 N–H and O–H groups in total. The molecular weight excluding hydrogens is 190 g/mol. The van der Waals surface area contributed by atoms with E-state index in [9.17, 15) is 0 Å². The first-order valence-electron chi connectivity index (χ1n) is 4.86. The summed E-state index contributed by atoms with van der Waals surface area (Å²) >= 11 is 0. The van der Waals surface area contributed by atoms with E-state index in [2.05, 4.69) is 35.8 Å². The predicted octanol–water partition coefficient (Wildman–Crippen LogP) is 1.72. The molecule has 0 amide bonds. The van der Waals surface area contributed by atoms with E-state index in [1.54, 1.807) is 7.11 Å². The Morgan fingerprint density at radius 1 is 1.36 bits per heavy atom. The maximum atomic E-state index is 5.35. The Hall–Kier alpha value is -0.903. The number of hydrogen-bond acceptors (Lipinski definition) is 2. The minimum absolute atomic E-state index is 0.962. The molecule has 0 aliphatic rings. The van der Waals surface area contributed by atoms with Crippen LogP contribution in [0, 0.1) is 0 Å². The fourth-order valence-electron chi connectivity index (χ4n) is 1.19. The summed E-state index contributed by atoms with van der Waals surface area (Å²) in [4.78, 5) is 3.33. The standard InChI is InChI=1S/C11H17NOSi/c1-3-12-14(13-2)10-9-11-7-5-4-6-8-11/h4-10,12,14H,3H2,1-2H3. The van der Waals surface area contributed by atoms with Gasteiger partial charge in [-0.15, -0.1) is 0 Å². The van der Waals surface area contributed by atoms with E-state index in [4.69, 9.17) is 4.43 Å². The van der Waals surface area contributed by atoms with Gasteiger partial charge in [0.05, 0.1) is 0 Å². The van der Waals surface area contributed by atoms with Crippen molar-refractivity contribution in [3.8, 4) is 0 Å². The summed E-state index contributed by atoms with van der Waals surface area (Å²) in [7, 11) is 0.446. The highest BCUT2D eigenvalue weighted by Gasteiger charge is 2.01. The highest BCUT2D eigenvalue weighted by molar-refractivity contribution is 6.55. The first-order chi connectivity index (χ1) is 6.86. The lowest BCUT2D eigenvalue weighted by Gasteiger charge is -2.08. The largest absolute Gasteiger partial charge is 0.406 e. The lowest BCUT2D eigenvalue weighted by atomic mass is 10.2. The highest BCUT2D eigenvalue weighted by Crippen LogP contribution is 2.01. The van der Waals surface area contributed by atoms with E-state index in [0.717, 1.165) is 6.54 Å². The van der Waals surface area contributed by atoms with Crippen LogP contribution in [0.5, 0.6) is 0 Å². The fourth-order valence-corrected chi connectivity index (χ4v) is 2.45. The van der Waals surface area contributed by atoms with Crippen molar-refractivity contribution in [1.82, 2.24) is 4.98 Å². The van der Waals surface area contributed by atoms with Crippen molar-refractivity contribution in [1.29, 1.82) is 0 Å². The topological polar surface area (TPSA) is 21.3 Å². The maximum Gasteiger partial charge on any atom is 0.277 e. The van der Waals surface area contributed by atoms with Crippen LogP contribution in [0.4, 0.5) is 0 Å². The van der Waals surface area contributed by atoms with Gasteiger partial charge < -0.3 is 9.41 Å². The summed E-state index contributed by atoms with van der Waals surface area (Å²) in [5.74, 6) is 0. The second-order valence-corrected chi connectivity index (χ2v) is 5.09. The average Bonchev–Trinajstić information content (AvgIpc) is 2.25. The Labute approximate surface area is 87.4 Å². The maximum absolute atomic E-state index is 5.35. The van der Waals surface area contributed by atoms with Gasteiger partial charge in [0.1, 0.15) is 0 Å². The average molecular weight is 207 g/mol. The number of benzene rings is 1. The summed E-state index contributed by atoms with van der Waals surface area (Å²) < 4.78 is 5.35.